The van der Waals surface area contributed by atoms with E-state index in [0.717, 1.165) is 32.1 Å². The maximum atomic E-state index is 11.1. The van der Waals surface area contributed by atoms with Crippen molar-refractivity contribution in [3.8, 4) is 0 Å². The standard InChI is InChI=1S/C20H34O3/c1-6-17(2)9-10-18(3)13(12-17)7-8-19(4)15(18)11-14(21)16(22)20(19,5)23/h6,13-16,21-23H,1,7-12H2,2-5H3/t13?,14-,15?,16-,17+,18+,19-,20+/m0/s1. The van der Waals surface area contributed by atoms with Gasteiger partial charge < -0.3 is 15.3 Å². The van der Waals surface area contributed by atoms with E-state index in [9.17, 15) is 15.3 Å². The van der Waals surface area contributed by atoms with Crippen LogP contribution in [0.15, 0.2) is 12.7 Å². The zero-order chi connectivity index (χ0) is 17.3. The van der Waals surface area contributed by atoms with E-state index in [1.807, 2.05) is 0 Å². The van der Waals surface area contributed by atoms with Gasteiger partial charge in [-0.3, -0.25) is 0 Å². The highest BCUT2D eigenvalue weighted by atomic mass is 16.4. The van der Waals surface area contributed by atoms with Gasteiger partial charge in [0.25, 0.3) is 0 Å². The van der Waals surface area contributed by atoms with Gasteiger partial charge in [0.2, 0.25) is 0 Å². The molecule has 0 aliphatic heterocycles. The number of allylic oxidation sites excluding steroid dienone is 1. The van der Waals surface area contributed by atoms with E-state index >= 15 is 0 Å². The fourth-order valence-corrected chi connectivity index (χ4v) is 6.33. The number of hydrogen-bond donors (Lipinski definition) is 3. The molecule has 3 N–H and O–H groups in total. The molecule has 3 aliphatic rings. The van der Waals surface area contributed by atoms with E-state index in [1.165, 1.54) is 0 Å². The highest BCUT2D eigenvalue weighted by Gasteiger charge is 2.66. The van der Waals surface area contributed by atoms with Gasteiger partial charge in [-0.05, 0) is 68.1 Å². The number of aliphatic hydroxyl groups excluding tert-OH is 2. The van der Waals surface area contributed by atoms with Crippen molar-refractivity contribution in [3.05, 3.63) is 12.7 Å². The van der Waals surface area contributed by atoms with Crippen LogP contribution in [0.4, 0.5) is 0 Å². The van der Waals surface area contributed by atoms with Crippen molar-refractivity contribution >= 4 is 0 Å². The fraction of sp³-hybridized carbons (Fsp3) is 0.900. The molecular weight excluding hydrogens is 288 g/mol. The summed E-state index contributed by atoms with van der Waals surface area (Å²) in [5.41, 5.74) is -1.23. The predicted octanol–water partition coefficient (Wildman–Crippen LogP) is 3.28. The van der Waals surface area contributed by atoms with Gasteiger partial charge in [-0.15, -0.1) is 6.58 Å². The SMILES string of the molecule is C=C[C@]1(C)CC[C@]2(C)C(CC[C@@]3(C)C2C[C@H](O)[C@H](O)[C@@]3(C)O)C1. The molecule has 3 rings (SSSR count). The van der Waals surface area contributed by atoms with Crippen LogP contribution in [0.1, 0.15) is 66.2 Å². The molecule has 0 amide bonds. The topological polar surface area (TPSA) is 60.7 Å². The van der Waals surface area contributed by atoms with E-state index < -0.39 is 17.8 Å². The zero-order valence-corrected chi connectivity index (χ0v) is 15.2. The van der Waals surface area contributed by atoms with Crippen molar-refractivity contribution in [3.63, 3.8) is 0 Å². The number of aliphatic hydroxyl groups is 3. The molecule has 0 radical (unpaired) electrons. The molecule has 2 unspecified atom stereocenters. The Hall–Kier alpha value is -0.380. The third kappa shape index (κ3) is 2.19. The Bertz CT molecular complexity index is 501. The van der Waals surface area contributed by atoms with Crippen LogP contribution >= 0.6 is 0 Å². The van der Waals surface area contributed by atoms with E-state index in [4.69, 9.17) is 0 Å². The minimum absolute atomic E-state index is 0.126. The lowest BCUT2D eigenvalue weighted by molar-refractivity contribution is -0.270. The smallest absolute Gasteiger partial charge is 0.109 e. The Kier molecular flexibility index (Phi) is 3.84. The van der Waals surface area contributed by atoms with E-state index in [0.29, 0.717) is 12.3 Å². The molecule has 3 nitrogen and oxygen atoms in total. The van der Waals surface area contributed by atoms with Crippen LogP contribution in [-0.4, -0.2) is 33.1 Å². The lowest BCUT2D eigenvalue weighted by Gasteiger charge is -2.67. The van der Waals surface area contributed by atoms with Gasteiger partial charge in [0.15, 0.2) is 0 Å². The highest BCUT2D eigenvalue weighted by Crippen LogP contribution is 2.67. The largest absolute Gasteiger partial charge is 0.390 e. The van der Waals surface area contributed by atoms with Gasteiger partial charge in [-0.1, -0.05) is 26.8 Å². The summed E-state index contributed by atoms with van der Waals surface area (Å²) in [5, 5.41) is 31.9. The summed E-state index contributed by atoms with van der Waals surface area (Å²) in [6.45, 7) is 12.6. The molecule has 3 saturated carbocycles. The summed E-state index contributed by atoms with van der Waals surface area (Å²) in [4.78, 5) is 0. The summed E-state index contributed by atoms with van der Waals surface area (Å²) in [5.74, 6) is 0.854. The Morgan fingerprint density at radius 2 is 1.70 bits per heavy atom. The van der Waals surface area contributed by atoms with Crippen molar-refractivity contribution in [2.75, 3.05) is 0 Å². The maximum absolute atomic E-state index is 11.1. The van der Waals surface area contributed by atoms with Gasteiger partial charge in [-0.25, -0.2) is 0 Å². The van der Waals surface area contributed by atoms with Crippen molar-refractivity contribution in [1.82, 2.24) is 0 Å². The van der Waals surface area contributed by atoms with E-state index in [2.05, 4.69) is 33.4 Å². The van der Waals surface area contributed by atoms with Crippen molar-refractivity contribution < 1.29 is 15.3 Å². The van der Waals surface area contributed by atoms with Crippen LogP contribution in [0.5, 0.6) is 0 Å². The minimum atomic E-state index is -1.23. The average Bonchev–Trinajstić information content (AvgIpc) is 2.50. The second-order valence-corrected chi connectivity index (χ2v) is 9.67. The summed E-state index contributed by atoms with van der Waals surface area (Å²) in [7, 11) is 0. The Balaban J connectivity index is 1.99. The molecule has 0 spiro atoms. The summed E-state index contributed by atoms with van der Waals surface area (Å²) >= 11 is 0. The Morgan fingerprint density at radius 3 is 2.30 bits per heavy atom. The van der Waals surface area contributed by atoms with Crippen LogP contribution < -0.4 is 0 Å². The molecule has 8 atom stereocenters. The molecule has 0 saturated heterocycles. The molecule has 0 aromatic rings. The molecule has 3 aliphatic carbocycles. The Morgan fingerprint density at radius 1 is 1.04 bits per heavy atom. The molecule has 23 heavy (non-hydrogen) atoms. The normalized spacial score (nSPS) is 59.8. The number of fused-ring (bicyclic) bond motifs is 3. The summed E-state index contributed by atoms with van der Waals surface area (Å²) < 4.78 is 0. The monoisotopic (exact) mass is 322 g/mol. The number of rotatable bonds is 1. The molecule has 132 valence electrons. The van der Waals surface area contributed by atoms with Crippen LogP contribution in [0.2, 0.25) is 0 Å². The van der Waals surface area contributed by atoms with Crippen LogP contribution in [0, 0.1) is 28.1 Å². The van der Waals surface area contributed by atoms with Crippen molar-refractivity contribution in [2.45, 2.75) is 84.0 Å². The van der Waals surface area contributed by atoms with E-state index in [1.54, 1.807) is 6.92 Å². The molecule has 0 aromatic carbocycles. The average molecular weight is 322 g/mol. The second-order valence-electron chi connectivity index (χ2n) is 9.67. The third-order valence-electron chi connectivity index (χ3n) is 8.52. The fourth-order valence-electron chi connectivity index (χ4n) is 6.33. The second kappa shape index (κ2) is 5.06. The first kappa shape index (κ1) is 17.4. The van der Waals surface area contributed by atoms with Crippen LogP contribution in [0.3, 0.4) is 0 Å². The van der Waals surface area contributed by atoms with Gasteiger partial charge in [0.05, 0.1) is 11.7 Å². The van der Waals surface area contributed by atoms with Gasteiger partial charge in [-0.2, -0.15) is 0 Å². The third-order valence-corrected chi connectivity index (χ3v) is 8.52. The first-order chi connectivity index (χ1) is 10.5. The first-order valence-electron chi connectivity index (χ1n) is 9.22. The summed E-state index contributed by atoms with van der Waals surface area (Å²) in [6.07, 6.45) is 6.24. The quantitative estimate of drug-likeness (QED) is 0.649. The molecule has 3 fully saturated rings. The lowest BCUT2D eigenvalue weighted by Crippen LogP contribution is -2.69. The molecule has 0 bridgehead atoms. The lowest BCUT2D eigenvalue weighted by atomic mass is 9.40. The highest BCUT2D eigenvalue weighted by molar-refractivity contribution is 5.17. The Labute approximate surface area is 140 Å². The van der Waals surface area contributed by atoms with Crippen LogP contribution in [0.25, 0.3) is 0 Å². The van der Waals surface area contributed by atoms with Crippen molar-refractivity contribution in [1.29, 1.82) is 0 Å². The maximum Gasteiger partial charge on any atom is 0.109 e. The minimum Gasteiger partial charge on any atom is -0.390 e. The molecule has 0 heterocycles. The van der Waals surface area contributed by atoms with Gasteiger partial charge in [0.1, 0.15) is 6.10 Å². The van der Waals surface area contributed by atoms with Crippen molar-refractivity contribution in [2.24, 2.45) is 28.1 Å². The summed E-state index contributed by atoms with van der Waals surface area (Å²) in [6, 6.07) is 0. The zero-order valence-electron chi connectivity index (χ0n) is 15.2. The van der Waals surface area contributed by atoms with Crippen LogP contribution in [-0.2, 0) is 0 Å². The van der Waals surface area contributed by atoms with Gasteiger partial charge in [0, 0.05) is 5.41 Å². The first-order valence-corrected chi connectivity index (χ1v) is 9.22. The predicted molar refractivity (Wildman–Crippen MR) is 91.8 cm³/mol. The molecule has 3 heteroatoms. The molecule has 0 aromatic heterocycles. The number of hydrogen-bond acceptors (Lipinski definition) is 3. The van der Waals surface area contributed by atoms with Gasteiger partial charge >= 0.3 is 0 Å². The van der Waals surface area contributed by atoms with E-state index in [-0.39, 0.29) is 22.2 Å². The molecular formula is C20H34O3.